The first kappa shape index (κ1) is 26.2. The molecule has 39 heavy (non-hydrogen) atoms. The molecule has 7 heteroatoms. The van der Waals surface area contributed by atoms with Crippen molar-refractivity contribution < 1.29 is 19.0 Å². The Labute approximate surface area is 229 Å². The van der Waals surface area contributed by atoms with Gasteiger partial charge in [-0.1, -0.05) is 48.9 Å². The summed E-state index contributed by atoms with van der Waals surface area (Å²) in [5, 5.41) is 7.63. The van der Waals surface area contributed by atoms with Gasteiger partial charge in [0.2, 0.25) is 11.7 Å². The van der Waals surface area contributed by atoms with Crippen LogP contribution >= 0.6 is 0 Å². The molecular formula is C32H33N3O4. The summed E-state index contributed by atoms with van der Waals surface area (Å²) in [6.07, 6.45) is 0.849. The summed E-state index contributed by atoms with van der Waals surface area (Å²) in [7, 11) is 4.75. The number of pyridine rings is 1. The quantitative estimate of drug-likeness (QED) is 0.272. The monoisotopic (exact) mass is 523 g/mol. The van der Waals surface area contributed by atoms with E-state index < -0.39 is 0 Å². The van der Waals surface area contributed by atoms with Gasteiger partial charge in [0, 0.05) is 35.0 Å². The molecule has 2 heterocycles. The Morgan fingerprint density at radius 2 is 1.62 bits per heavy atom. The number of aryl methyl sites for hydroxylation is 2. The van der Waals surface area contributed by atoms with Gasteiger partial charge in [-0.2, -0.15) is 5.10 Å². The molecule has 0 aliphatic carbocycles. The van der Waals surface area contributed by atoms with Gasteiger partial charge in [0.1, 0.15) is 0 Å². The lowest BCUT2D eigenvalue weighted by molar-refractivity contribution is -0.132. The standard InChI is InChI=1S/C32H33N3O4/c1-7-29(36)35-26(22-16-27(37-4)32(39-6)28(17-22)38-5)18-25(34-35)30-20(3)33-24-14-13-19(2)15-23(24)31(30)21-11-9-8-10-12-21/h8-17,26H,7,18H2,1-6H3/t26-/m1/s1. The van der Waals surface area contributed by atoms with Crippen LogP contribution in [-0.2, 0) is 4.79 Å². The molecular weight excluding hydrogens is 490 g/mol. The van der Waals surface area contributed by atoms with Crippen molar-refractivity contribution >= 4 is 22.5 Å². The minimum atomic E-state index is -0.336. The van der Waals surface area contributed by atoms with Crippen LogP contribution in [0.1, 0.15) is 48.2 Å². The van der Waals surface area contributed by atoms with E-state index in [2.05, 4.69) is 37.3 Å². The normalized spacial score (nSPS) is 14.9. The lowest BCUT2D eigenvalue weighted by Crippen LogP contribution is -2.26. The number of carbonyl (C=O) groups excluding carboxylic acids is 1. The molecule has 1 aromatic heterocycles. The Bertz CT molecular complexity index is 1550. The molecule has 0 saturated carbocycles. The average Bonchev–Trinajstić information content (AvgIpc) is 3.41. The highest BCUT2D eigenvalue weighted by Crippen LogP contribution is 2.44. The molecule has 1 aliphatic heterocycles. The zero-order chi connectivity index (χ0) is 27.7. The summed E-state index contributed by atoms with van der Waals surface area (Å²) in [5.74, 6) is 1.52. The zero-order valence-corrected chi connectivity index (χ0v) is 23.2. The van der Waals surface area contributed by atoms with Crippen molar-refractivity contribution in [2.24, 2.45) is 5.10 Å². The van der Waals surface area contributed by atoms with Gasteiger partial charge in [0.05, 0.1) is 38.6 Å². The van der Waals surface area contributed by atoms with Gasteiger partial charge >= 0.3 is 0 Å². The summed E-state index contributed by atoms with van der Waals surface area (Å²) in [6.45, 7) is 5.95. The van der Waals surface area contributed by atoms with E-state index in [9.17, 15) is 4.79 Å². The van der Waals surface area contributed by atoms with Gasteiger partial charge in [0.25, 0.3) is 0 Å². The number of rotatable bonds is 7. The van der Waals surface area contributed by atoms with E-state index in [0.29, 0.717) is 30.1 Å². The Balaban J connectivity index is 1.72. The first-order valence-electron chi connectivity index (χ1n) is 13.1. The third-order valence-electron chi connectivity index (χ3n) is 7.21. The predicted octanol–water partition coefficient (Wildman–Crippen LogP) is 6.63. The third-order valence-corrected chi connectivity index (χ3v) is 7.21. The van der Waals surface area contributed by atoms with Crippen LogP contribution in [0.15, 0.2) is 65.8 Å². The first-order valence-corrected chi connectivity index (χ1v) is 13.1. The number of nitrogens with zero attached hydrogens (tertiary/aromatic N) is 3. The van der Waals surface area contributed by atoms with Crippen molar-refractivity contribution in [1.29, 1.82) is 0 Å². The predicted molar refractivity (Wildman–Crippen MR) is 154 cm³/mol. The molecule has 3 aromatic carbocycles. The van der Waals surface area contributed by atoms with E-state index in [-0.39, 0.29) is 11.9 Å². The summed E-state index contributed by atoms with van der Waals surface area (Å²) >= 11 is 0. The van der Waals surface area contributed by atoms with Gasteiger partial charge in [-0.25, -0.2) is 5.01 Å². The van der Waals surface area contributed by atoms with Gasteiger partial charge in [-0.05, 0) is 49.2 Å². The molecule has 0 N–H and O–H groups in total. The fourth-order valence-electron chi connectivity index (χ4n) is 5.36. The second-order valence-corrected chi connectivity index (χ2v) is 9.65. The van der Waals surface area contributed by atoms with E-state index >= 15 is 0 Å². The number of aromatic nitrogens is 1. The third kappa shape index (κ3) is 4.69. The first-order chi connectivity index (χ1) is 18.9. The van der Waals surface area contributed by atoms with E-state index in [0.717, 1.165) is 50.1 Å². The number of amides is 1. The molecule has 0 fully saturated rings. The number of hydrogen-bond acceptors (Lipinski definition) is 6. The number of hydrazone groups is 1. The van der Waals surface area contributed by atoms with Gasteiger partial charge in [-0.15, -0.1) is 0 Å². The Hall–Kier alpha value is -4.39. The summed E-state index contributed by atoms with van der Waals surface area (Å²) < 4.78 is 16.7. The number of fused-ring (bicyclic) bond motifs is 1. The maximum Gasteiger partial charge on any atom is 0.242 e. The molecule has 0 saturated heterocycles. The van der Waals surface area contributed by atoms with Crippen LogP contribution < -0.4 is 14.2 Å². The van der Waals surface area contributed by atoms with E-state index in [1.165, 1.54) is 0 Å². The van der Waals surface area contributed by atoms with E-state index in [4.69, 9.17) is 24.3 Å². The highest BCUT2D eigenvalue weighted by molar-refractivity contribution is 6.14. The lowest BCUT2D eigenvalue weighted by Gasteiger charge is -2.23. The molecule has 4 aromatic rings. The average molecular weight is 524 g/mol. The molecule has 0 unspecified atom stereocenters. The number of carbonyl (C=O) groups is 1. The van der Waals surface area contributed by atoms with Crippen LogP contribution in [0.5, 0.6) is 17.2 Å². The van der Waals surface area contributed by atoms with Crippen molar-refractivity contribution in [3.05, 3.63) is 83.0 Å². The second kappa shape index (κ2) is 10.8. The topological polar surface area (TPSA) is 73.3 Å². The highest BCUT2D eigenvalue weighted by atomic mass is 16.5. The largest absolute Gasteiger partial charge is 0.493 e. The van der Waals surface area contributed by atoms with Crippen LogP contribution in [0.25, 0.3) is 22.0 Å². The van der Waals surface area contributed by atoms with Gasteiger partial charge < -0.3 is 14.2 Å². The maximum absolute atomic E-state index is 13.2. The van der Waals surface area contributed by atoms with Crippen LogP contribution in [0.2, 0.25) is 0 Å². The molecule has 5 rings (SSSR count). The smallest absolute Gasteiger partial charge is 0.242 e. The number of hydrogen-bond donors (Lipinski definition) is 0. The fourth-order valence-corrected chi connectivity index (χ4v) is 5.36. The van der Waals surface area contributed by atoms with Gasteiger partial charge in [0.15, 0.2) is 11.5 Å². The van der Waals surface area contributed by atoms with Crippen molar-refractivity contribution in [2.45, 2.75) is 39.7 Å². The van der Waals surface area contributed by atoms with Crippen molar-refractivity contribution in [1.82, 2.24) is 9.99 Å². The maximum atomic E-state index is 13.2. The molecule has 1 amide bonds. The van der Waals surface area contributed by atoms with Crippen LogP contribution in [0, 0.1) is 13.8 Å². The number of benzene rings is 3. The fraction of sp³-hybridized carbons (Fsp3) is 0.281. The van der Waals surface area contributed by atoms with Crippen LogP contribution in [0.3, 0.4) is 0 Å². The van der Waals surface area contributed by atoms with Crippen LogP contribution in [0.4, 0.5) is 0 Å². The Kier molecular flexibility index (Phi) is 7.24. The zero-order valence-electron chi connectivity index (χ0n) is 23.2. The van der Waals surface area contributed by atoms with Crippen molar-refractivity contribution in [3.8, 4) is 28.4 Å². The minimum Gasteiger partial charge on any atom is -0.493 e. The highest BCUT2D eigenvalue weighted by Gasteiger charge is 2.35. The number of methoxy groups -OCH3 is 3. The van der Waals surface area contributed by atoms with Crippen LogP contribution in [-0.4, -0.2) is 42.9 Å². The minimum absolute atomic E-state index is 0.0627. The summed E-state index contributed by atoms with van der Waals surface area (Å²) in [5.41, 5.74) is 7.76. The van der Waals surface area contributed by atoms with E-state index in [1.54, 1.807) is 26.3 Å². The SMILES string of the molecule is CCC(=O)N1N=C(c2c(C)nc3ccc(C)cc3c2-c2ccccc2)C[C@@H]1c1cc(OC)c(OC)c(OC)c1. The van der Waals surface area contributed by atoms with E-state index in [1.807, 2.05) is 44.2 Å². The molecule has 1 atom stereocenters. The summed E-state index contributed by atoms with van der Waals surface area (Å²) in [4.78, 5) is 18.2. The molecule has 0 bridgehead atoms. The lowest BCUT2D eigenvalue weighted by atomic mass is 9.88. The van der Waals surface area contributed by atoms with Gasteiger partial charge in [-0.3, -0.25) is 9.78 Å². The Morgan fingerprint density at radius 1 is 0.923 bits per heavy atom. The molecule has 200 valence electrons. The molecule has 1 aliphatic rings. The van der Waals surface area contributed by atoms with Crippen molar-refractivity contribution in [3.63, 3.8) is 0 Å². The molecule has 0 radical (unpaired) electrons. The summed E-state index contributed by atoms with van der Waals surface area (Å²) in [6, 6.07) is 20.1. The molecule has 7 nitrogen and oxygen atoms in total. The second-order valence-electron chi connectivity index (χ2n) is 9.65. The Morgan fingerprint density at radius 3 is 2.23 bits per heavy atom. The number of ether oxygens (including phenoxy) is 3. The molecule has 0 spiro atoms. The van der Waals surface area contributed by atoms with Crippen molar-refractivity contribution in [2.75, 3.05) is 21.3 Å².